The van der Waals surface area contributed by atoms with Crippen molar-refractivity contribution in [3.63, 3.8) is 0 Å². The predicted molar refractivity (Wildman–Crippen MR) is 275 cm³/mol. The quantitative estimate of drug-likeness (QED) is 0.152. The minimum absolute atomic E-state index is 1.09. The molecular formula is C62H40S. The average Bonchev–Trinajstić information content (AvgIpc) is 3.73. The van der Waals surface area contributed by atoms with Crippen LogP contribution in [0.25, 0.3) is 124 Å². The number of benzene rings is 11. The minimum atomic E-state index is 1.09. The number of allylic oxidation sites excluding steroid dienone is 4. The SMILES string of the molecule is C1=CC(c2ccc(-c3c4ccccc4c(-c4ccc5c(c4)sc4cccc(-c6c7ccccc7c(-c7ccccc7)c7ccccc67)c45)c4ccccc34)c3ccccc23)=CCC1. The Morgan fingerprint density at radius 1 is 0.302 bits per heavy atom. The van der Waals surface area contributed by atoms with Crippen molar-refractivity contribution in [3.05, 3.63) is 224 Å². The normalized spacial score (nSPS) is 13.0. The molecule has 0 unspecified atom stereocenters. The molecule has 0 saturated heterocycles. The molecule has 0 N–H and O–H groups in total. The van der Waals surface area contributed by atoms with E-state index in [0.29, 0.717) is 0 Å². The van der Waals surface area contributed by atoms with Gasteiger partial charge in [-0.3, -0.25) is 0 Å². The Morgan fingerprint density at radius 3 is 1.37 bits per heavy atom. The molecule has 0 saturated carbocycles. The maximum Gasteiger partial charge on any atom is 0.0361 e. The molecule has 0 nitrogen and oxygen atoms in total. The van der Waals surface area contributed by atoms with Gasteiger partial charge in [0.25, 0.3) is 0 Å². The molecule has 13 rings (SSSR count). The third-order valence-electron chi connectivity index (χ3n) is 13.5. The Morgan fingerprint density at radius 2 is 0.794 bits per heavy atom. The smallest absolute Gasteiger partial charge is 0.0361 e. The van der Waals surface area contributed by atoms with Gasteiger partial charge in [0.2, 0.25) is 0 Å². The summed E-state index contributed by atoms with van der Waals surface area (Å²) >= 11 is 1.91. The third kappa shape index (κ3) is 5.60. The van der Waals surface area contributed by atoms with Crippen LogP contribution in [0, 0.1) is 0 Å². The molecule has 0 radical (unpaired) electrons. The summed E-state index contributed by atoms with van der Waals surface area (Å²) in [7, 11) is 0. The van der Waals surface area contributed by atoms with Gasteiger partial charge in [0.15, 0.2) is 0 Å². The molecule has 11 aromatic carbocycles. The summed E-state index contributed by atoms with van der Waals surface area (Å²) in [4.78, 5) is 0. The van der Waals surface area contributed by atoms with Crippen molar-refractivity contribution in [2.45, 2.75) is 12.8 Å². The van der Waals surface area contributed by atoms with E-state index in [4.69, 9.17) is 0 Å². The zero-order valence-corrected chi connectivity index (χ0v) is 35.4. The summed E-state index contributed by atoms with van der Waals surface area (Å²) in [6.07, 6.45) is 9.19. The van der Waals surface area contributed by atoms with E-state index in [1.807, 2.05) is 11.3 Å². The fraction of sp³-hybridized carbons (Fsp3) is 0.0323. The molecule has 12 aromatic rings. The van der Waals surface area contributed by atoms with Gasteiger partial charge in [0.1, 0.15) is 0 Å². The number of hydrogen-bond acceptors (Lipinski definition) is 1. The van der Waals surface area contributed by atoms with Crippen molar-refractivity contribution < 1.29 is 0 Å². The lowest BCUT2D eigenvalue weighted by molar-refractivity contribution is 1.04. The van der Waals surface area contributed by atoms with Crippen molar-refractivity contribution in [1.82, 2.24) is 0 Å². The highest BCUT2D eigenvalue weighted by Gasteiger charge is 2.22. The van der Waals surface area contributed by atoms with Crippen molar-refractivity contribution >= 4 is 90.9 Å². The van der Waals surface area contributed by atoms with Gasteiger partial charge in [-0.2, -0.15) is 0 Å². The molecule has 1 aliphatic carbocycles. The second-order valence-electron chi connectivity index (χ2n) is 16.9. The monoisotopic (exact) mass is 816 g/mol. The Hall–Kier alpha value is -7.58. The zero-order chi connectivity index (χ0) is 41.4. The number of hydrogen-bond donors (Lipinski definition) is 0. The molecular weight excluding hydrogens is 777 g/mol. The van der Waals surface area contributed by atoms with Crippen LogP contribution in [0.4, 0.5) is 0 Å². The first-order valence-corrected chi connectivity index (χ1v) is 22.9. The van der Waals surface area contributed by atoms with Gasteiger partial charge in [0.05, 0.1) is 0 Å². The first-order chi connectivity index (χ1) is 31.3. The summed E-state index contributed by atoms with van der Waals surface area (Å²) in [5.41, 5.74) is 12.9. The van der Waals surface area contributed by atoms with Gasteiger partial charge in [-0.15, -0.1) is 11.3 Å². The lowest BCUT2D eigenvalue weighted by atomic mass is 9.83. The molecule has 1 aliphatic rings. The molecule has 0 atom stereocenters. The standard InChI is InChI=1S/C62H40S/c1-3-18-39(19-4-1)42-36-37-53(44-23-8-7-22-43(42)44)60-49-28-13-11-26-47(49)59(48-27-12-14-29-50(48)60)41-34-35-54-57(38-41)63-56-33-17-32-55(62(54)56)61-51-30-15-9-24-45(51)58(40-20-5-2-6-21-40)46-25-10-16-31-52(46)61/h2-3,5-38H,1,4H2. The van der Waals surface area contributed by atoms with E-state index in [9.17, 15) is 0 Å². The fourth-order valence-electron chi connectivity index (χ4n) is 10.8. The third-order valence-corrected chi connectivity index (χ3v) is 14.6. The molecule has 294 valence electrons. The first kappa shape index (κ1) is 36.1. The maximum atomic E-state index is 2.46. The van der Waals surface area contributed by atoms with Gasteiger partial charge >= 0.3 is 0 Å². The van der Waals surface area contributed by atoms with E-state index in [1.165, 1.54) is 130 Å². The van der Waals surface area contributed by atoms with Crippen LogP contribution in [0.5, 0.6) is 0 Å². The lowest BCUT2D eigenvalue weighted by Crippen LogP contribution is -1.93. The molecule has 0 amide bonds. The largest absolute Gasteiger partial charge is 0.135 e. The highest BCUT2D eigenvalue weighted by atomic mass is 32.1. The molecule has 0 bridgehead atoms. The number of thiophene rings is 1. The molecule has 1 heterocycles. The fourth-order valence-corrected chi connectivity index (χ4v) is 12.0. The summed E-state index contributed by atoms with van der Waals surface area (Å²) < 4.78 is 2.61. The number of fused-ring (bicyclic) bond motifs is 8. The zero-order valence-electron chi connectivity index (χ0n) is 34.6. The van der Waals surface area contributed by atoms with Crippen LogP contribution in [0.3, 0.4) is 0 Å². The molecule has 1 aromatic heterocycles. The van der Waals surface area contributed by atoms with Crippen molar-refractivity contribution in [2.75, 3.05) is 0 Å². The van der Waals surface area contributed by atoms with E-state index >= 15 is 0 Å². The van der Waals surface area contributed by atoms with Crippen LogP contribution in [0.2, 0.25) is 0 Å². The van der Waals surface area contributed by atoms with E-state index < -0.39 is 0 Å². The van der Waals surface area contributed by atoms with Gasteiger partial charge in [-0.05, 0) is 134 Å². The van der Waals surface area contributed by atoms with Gasteiger partial charge in [0, 0.05) is 20.2 Å². The number of rotatable bonds is 5. The minimum Gasteiger partial charge on any atom is -0.135 e. The highest BCUT2D eigenvalue weighted by molar-refractivity contribution is 7.26. The van der Waals surface area contributed by atoms with Crippen LogP contribution >= 0.6 is 11.3 Å². The van der Waals surface area contributed by atoms with Crippen LogP contribution in [-0.4, -0.2) is 0 Å². The highest BCUT2D eigenvalue weighted by Crippen LogP contribution is 2.50. The summed E-state index contributed by atoms with van der Waals surface area (Å²) in [5, 5.41) is 15.4. The lowest BCUT2D eigenvalue weighted by Gasteiger charge is -2.20. The molecule has 0 fully saturated rings. The van der Waals surface area contributed by atoms with E-state index in [2.05, 4.69) is 218 Å². The van der Waals surface area contributed by atoms with Crippen molar-refractivity contribution in [3.8, 4) is 44.5 Å². The van der Waals surface area contributed by atoms with Crippen LogP contribution in [0.15, 0.2) is 218 Å². The van der Waals surface area contributed by atoms with Crippen LogP contribution < -0.4 is 0 Å². The molecule has 0 spiro atoms. The Bertz CT molecular complexity index is 3780. The second kappa shape index (κ2) is 14.5. The van der Waals surface area contributed by atoms with Gasteiger partial charge in [-0.1, -0.05) is 206 Å². The van der Waals surface area contributed by atoms with Gasteiger partial charge < -0.3 is 0 Å². The van der Waals surface area contributed by atoms with Crippen molar-refractivity contribution in [2.24, 2.45) is 0 Å². The maximum absolute atomic E-state index is 2.46. The molecule has 63 heavy (non-hydrogen) atoms. The Balaban J connectivity index is 1.03. The molecule has 1 heteroatoms. The van der Waals surface area contributed by atoms with Gasteiger partial charge in [-0.25, -0.2) is 0 Å². The summed E-state index contributed by atoms with van der Waals surface area (Å²) in [6, 6.07) is 74.8. The van der Waals surface area contributed by atoms with Crippen LogP contribution in [-0.2, 0) is 0 Å². The Kier molecular flexibility index (Phi) is 8.32. The Labute approximate surface area is 370 Å². The van der Waals surface area contributed by atoms with Crippen molar-refractivity contribution in [1.29, 1.82) is 0 Å². The predicted octanol–water partition coefficient (Wildman–Crippen LogP) is 18.2. The average molecular weight is 817 g/mol. The van der Waals surface area contributed by atoms with E-state index in [-0.39, 0.29) is 0 Å². The summed E-state index contributed by atoms with van der Waals surface area (Å²) in [6.45, 7) is 0. The topological polar surface area (TPSA) is 0 Å². The van der Waals surface area contributed by atoms with E-state index in [0.717, 1.165) is 12.8 Å². The molecule has 0 aliphatic heterocycles. The van der Waals surface area contributed by atoms with Crippen LogP contribution in [0.1, 0.15) is 18.4 Å². The van der Waals surface area contributed by atoms with E-state index in [1.54, 1.807) is 0 Å². The first-order valence-electron chi connectivity index (χ1n) is 22.1. The second-order valence-corrected chi connectivity index (χ2v) is 18.0. The summed E-state index contributed by atoms with van der Waals surface area (Å²) in [5.74, 6) is 0.